The van der Waals surface area contributed by atoms with Gasteiger partial charge in [0.25, 0.3) is 0 Å². The van der Waals surface area contributed by atoms with Crippen LogP contribution in [0.15, 0.2) is 24.5 Å². The smallest absolute Gasteiger partial charge is 0.234 e. The molecule has 0 bridgehead atoms. The van der Waals surface area contributed by atoms with Crippen molar-refractivity contribution in [3.8, 4) is 23.4 Å². The van der Waals surface area contributed by atoms with Crippen LogP contribution in [0.3, 0.4) is 0 Å². The molecule has 10 nitrogen and oxygen atoms in total. The molecule has 3 heterocycles. The zero-order valence-electron chi connectivity index (χ0n) is 19.0. The topological polar surface area (TPSA) is 115 Å². The highest BCUT2D eigenvalue weighted by Crippen LogP contribution is 2.37. The first kappa shape index (κ1) is 23.8. The minimum absolute atomic E-state index is 0.141. The first-order valence-electron chi connectivity index (χ1n) is 10.8. The fourth-order valence-corrected chi connectivity index (χ4v) is 3.78. The van der Waals surface area contributed by atoms with Crippen molar-refractivity contribution in [1.82, 2.24) is 19.9 Å². The van der Waals surface area contributed by atoms with E-state index in [4.69, 9.17) is 30.5 Å². The second-order valence-corrected chi connectivity index (χ2v) is 7.87. The van der Waals surface area contributed by atoms with Gasteiger partial charge >= 0.3 is 0 Å². The molecule has 0 amide bonds. The minimum atomic E-state index is 0.141. The summed E-state index contributed by atoms with van der Waals surface area (Å²) in [6, 6.07) is 5.73. The van der Waals surface area contributed by atoms with E-state index >= 15 is 0 Å². The molecule has 11 heteroatoms. The molecule has 0 unspecified atom stereocenters. The van der Waals surface area contributed by atoms with E-state index in [0.717, 1.165) is 39.3 Å². The number of halogens is 1. The van der Waals surface area contributed by atoms with Gasteiger partial charge in [0.05, 0.1) is 57.0 Å². The average Bonchev–Trinajstić information content (AvgIpc) is 2.88. The highest BCUT2D eigenvalue weighted by atomic mass is 35.5. The molecule has 178 valence electrons. The van der Waals surface area contributed by atoms with Gasteiger partial charge in [-0.25, -0.2) is 4.98 Å². The zero-order chi connectivity index (χ0) is 23.9. The Labute approximate surface area is 202 Å². The third kappa shape index (κ3) is 5.39. The maximum atomic E-state index is 9.67. The van der Waals surface area contributed by atoms with Crippen LogP contribution < -0.4 is 19.5 Å². The summed E-state index contributed by atoms with van der Waals surface area (Å²) < 4.78 is 22.1. The number of morpholine rings is 1. The normalized spacial score (nSPS) is 13.9. The van der Waals surface area contributed by atoms with Crippen molar-refractivity contribution < 1.29 is 18.9 Å². The third-order valence-electron chi connectivity index (χ3n) is 5.41. The highest BCUT2D eigenvalue weighted by molar-refractivity contribution is 6.31. The lowest BCUT2D eigenvalue weighted by molar-refractivity contribution is 0.0357. The van der Waals surface area contributed by atoms with E-state index in [2.05, 4.69) is 31.2 Å². The Hall–Kier alpha value is -3.39. The molecule has 0 atom stereocenters. The van der Waals surface area contributed by atoms with Gasteiger partial charge in [-0.15, -0.1) is 0 Å². The molecule has 3 aromatic rings. The number of rotatable bonds is 9. The molecule has 1 aliphatic heterocycles. The van der Waals surface area contributed by atoms with Crippen LogP contribution in [0.2, 0.25) is 5.15 Å². The molecule has 4 rings (SSSR count). The van der Waals surface area contributed by atoms with Gasteiger partial charge in [0.15, 0.2) is 22.5 Å². The first-order valence-corrected chi connectivity index (χ1v) is 11.2. The van der Waals surface area contributed by atoms with Crippen LogP contribution in [-0.4, -0.2) is 73.5 Å². The summed E-state index contributed by atoms with van der Waals surface area (Å²) in [5.74, 6) is 1.66. The molecule has 1 aliphatic rings. The quantitative estimate of drug-likeness (QED) is 0.453. The van der Waals surface area contributed by atoms with Gasteiger partial charge in [0, 0.05) is 37.3 Å². The lowest BCUT2D eigenvalue weighted by atomic mass is 10.1. The second kappa shape index (κ2) is 11.2. The molecule has 0 spiro atoms. The Morgan fingerprint density at radius 1 is 1.15 bits per heavy atom. The predicted octanol–water partition coefficient (Wildman–Crippen LogP) is 3.41. The number of anilines is 2. The predicted molar refractivity (Wildman–Crippen MR) is 127 cm³/mol. The monoisotopic (exact) mass is 484 g/mol. The standard InChI is InChI=1S/C23H25ClN6O4/c1-31-18-10-16-17(11-19(18)34-7-3-4-30-5-8-33-9-6-30)26-13-15(12-25)21(16)29-23-22(24)27-14-20(28-23)32-2/h10-11,13-14H,3-9H2,1-2H3,(H,26,28,29). The molecule has 0 radical (unpaired) electrons. The van der Waals surface area contributed by atoms with Crippen molar-refractivity contribution in [2.45, 2.75) is 6.42 Å². The fourth-order valence-electron chi connectivity index (χ4n) is 3.64. The zero-order valence-corrected chi connectivity index (χ0v) is 19.8. The van der Waals surface area contributed by atoms with Gasteiger partial charge in [-0.3, -0.25) is 9.88 Å². The van der Waals surface area contributed by atoms with Crippen LogP contribution >= 0.6 is 11.6 Å². The van der Waals surface area contributed by atoms with Crippen LogP contribution in [0.25, 0.3) is 10.9 Å². The molecular formula is C23H25ClN6O4. The Morgan fingerprint density at radius 3 is 2.71 bits per heavy atom. The van der Waals surface area contributed by atoms with Crippen LogP contribution in [0.4, 0.5) is 11.5 Å². The molecule has 2 aromatic heterocycles. The van der Waals surface area contributed by atoms with Crippen LogP contribution in [0.5, 0.6) is 17.4 Å². The SMILES string of the molecule is COc1cnc(Cl)c(Nc2c(C#N)cnc3cc(OCCCN4CCOCC4)c(OC)cc23)n1. The number of nitrogens with one attached hydrogen (secondary N) is 1. The van der Waals surface area contributed by atoms with Crippen molar-refractivity contribution in [3.63, 3.8) is 0 Å². The van der Waals surface area contributed by atoms with Crippen LogP contribution in [-0.2, 0) is 4.74 Å². The number of benzene rings is 1. The Morgan fingerprint density at radius 2 is 1.97 bits per heavy atom. The number of nitrogens with zero attached hydrogens (tertiary/aromatic N) is 5. The molecule has 1 fully saturated rings. The molecule has 34 heavy (non-hydrogen) atoms. The summed E-state index contributed by atoms with van der Waals surface area (Å²) in [4.78, 5) is 15.2. The van der Waals surface area contributed by atoms with Crippen molar-refractivity contribution >= 4 is 34.0 Å². The number of pyridine rings is 1. The van der Waals surface area contributed by atoms with Crippen molar-refractivity contribution in [2.24, 2.45) is 0 Å². The number of aromatic nitrogens is 3. The molecule has 0 saturated carbocycles. The third-order valence-corrected chi connectivity index (χ3v) is 5.69. The van der Waals surface area contributed by atoms with Gasteiger partial charge in [0.1, 0.15) is 6.07 Å². The van der Waals surface area contributed by atoms with Gasteiger partial charge < -0.3 is 24.3 Å². The molecule has 1 N–H and O–H groups in total. The van der Waals surface area contributed by atoms with E-state index in [1.165, 1.54) is 19.5 Å². The first-order chi connectivity index (χ1) is 16.6. The maximum Gasteiger partial charge on any atom is 0.234 e. The van der Waals surface area contributed by atoms with Gasteiger partial charge in [-0.05, 0) is 12.5 Å². The summed E-state index contributed by atoms with van der Waals surface area (Å²) in [7, 11) is 3.05. The highest BCUT2D eigenvalue weighted by Gasteiger charge is 2.17. The van der Waals surface area contributed by atoms with E-state index in [1.54, 1.807) is 19.2 Å². The van der Waals surface area contributed by atoms with Crippen molar-refractivity contribution in [3.05, 3.63) is 35.2 Å². The van der Waals surface area contributed by atoms with Gasteiger partial charge in [-0.2, -0.15) is 10.2 Å². The fraction of sp³-hybridized carbons (Fsp3) is 0.391. The molecular weight excluding hydrogens is 460 g/mol. The number of hydrogen-bond donors (Lipinski definition) is 1. The van der Waals surface area contributed by atoms with Crippen LogP contribution in [0.1, 0.15) is 12.0 Å². The van der Waals surface area contributed by atoms with E-state index in [-0.39, 0.29) is 16.9 Å². The summed E-state index contributed by atoms with van der Waals surface area (Å²) in [6.45, 7) is 4.93. The van der Waals surface area contributed by atoms with Crippen molar-refractivity contribution in [2.75, 3.05) is 59.0 Å². The number of methoxy groups -OCH3 is 2. The number of ether oxygens (including phenoxy) is 4. The largest absolute Gasteiger partial charge is 0.493 e. The molecule has 1 saturated heterocycles. The van der Waals surface area contributed by atoms with Crippen LogP contribution in [0, 0.1) is 11.3 Å². The molecule has 0 aliphatic carbocycles. The summed E-state index contributed by atoms with van der Waals surface area (Å²) in [5.41, 5.74) is 1.42. The number of nitriles is 1. The Balaban J connectivity index is 1.59. The number of hydrogen-bond acceptors (Lipinski definition) is 10. The Kier molecular flexibility index (Phi) is 7.80. The number of fused-ring (bicyclic) bond motifs is 1. The van der Waals surface area contributed by atoms with E-state index in [9.17, 15) is 5.26 Å². The van der Waals surface area contributed by atoms with Gasteiger partial charge in [0.2, 0.25) is 5.88 Å². The lowest BCUT2D eigenvalue weighted by Gasteiger charge is -2.26. The van der Waals surface area contributed by atoms with E-state index in [0.29, 0.717) is 40.3 Å². The van der Waals surface area contributed by atoms with E-state index < -0.39 is 0 Å². The van der Waals surface area contributed by atoms with Crippen molar-refractivity contribution in [1.29, 1.82) is 5.26 Å². The summed E-state index contributed by atoms with van der Waals surface area (Å²) >= 11 is 6.22. The second-order valence-electron chi connectivity index (χ2n) is 7.51. The van der Waals surface area contributed by atoms with E-state index in [1.807, 2.05) is 0 Å². The average molecular weight is 485 g/mol. The summed E-state index contributed by atoms with van der Waals surface area (Å²) in [5, 5.41) is 13.6. The lowest BCUT2D eigenvalue weighted by Crippen LogP contribution is -2.37. The van der Waals surface area contributed by atoms with Gasteiger partial charge in [-0.1, -0.05) is 11.6 Å². The minimum Gasteiger partial charge on any atom is -0.493 e. The summed E-state index contributed by atoms with van der Waals surface area (Å²) in [6.07, 6.45) is 3.78. The molecule has 1 aromatic carbocycles. The Bertz CT molecular complexity index is 1200. The maximum absolute atomic E-state index is 9.67.